The summed E-state index contributed by atoms with van der Waals surface area (Å²) in [5, 5.41) is 8.95. The Bertz CT molecular complexity index is 387. The second-order valence-electron chi connectivity index (χ2n) is 4.32. The first-order valence-electron chi connectivity index (χ1n) is 5.57. The van der Waals surface area contributed by atoms with Crippen molar-refractivity contribution in [1.82, 2.24) is 0 Å². The molecule has 16 heavy (non-hydrogen) atoms. The molecule has 0 heterocycles. The van der Waals surface area contributed by atoms with E-state index in [1.807, 2.05) is 18.2 Å². The van der Waals surface area contributed by atoms with Crippen LogP contribution in [0.2, 0.25) is 0 Å². The van der Waals surface area contributed by atoms with Crippen molar-refractivity contribution in [3.63, 3.8) is 0 Å². The lowest BCUT2D eigenvalue weighted by Crippen LogP contribution is -2.09. The molecule has 1 aromatic rings. The molecule has 0 aromatic heterocycles. The number of carboxylic acid groups (broad SMARTS) is 1. The topological polar surface area (TPSA) is 46.5 Å². The van der Waals surface area contributed by atoms with Crippen molar-refractivity contribution >= 4 is 5.97 Å². The van der Waals surface area contributed by atoms with Gasteiger partial charge >= 0.3 is 5.97 Å². The fraction of sp³-hybridized carbons (Fsp3) is 0.462. The van der Waals surface area contributed by atoms with Crippen LogP contribution in [0.15, 0.2) is 24.3 Å². The van der Waals surface area contributed by atoms with Crippen LogP contribution in [0.1, 0.15) is 30.7 Å². The second kappa shape index (κ2) is 4.56. The molecular weight excluding hydrogens is 204 g/mol. The molecular formula is C13H16O3. The molecule has 1 aliphatic rings. The number of carboxylic acids is 1. The molecule has 1 fully saturated rings. The van der Waals surface area contributed by atoms with E-state index >= 15 is 0 Å². The van der Waals surface area contributed by atoms with Crippen molar-refractivity contribution < 1.29 is 14.6 Å². The Labute approximate surface area is 95.0 Å². The number of hydrogen-bond donors (Lipinski definition) is 1. The maximum absolute atomic E-state index is 10.9. The van der Waals surface area contributed by atoms with Gasteiger partial charge in [0.2, 0.25) is 0 Å². The monoisotopic (exact) mass is 220 g/mol. The normalized spacial score (nSPS) is 24.3. The molecule has 1 aromatic carbocycles. The van der Waals surface area contributed by atoms with Gasteiger partial charge in [-0.3, -0.25) is 4.79 Å². The summed E-state index contributed by atoms with van der Waals surface area (Å²) in [5.74, 6) is 0.383. The molecule has 1 aliphatic carbocycles. The highest BCUT2D eigenvalue weighted by atomic mass is 16.5. The van der Waals surface area contributed by atoms with Gasteiger partial charge < -0.3 is 9.84 Å². The Morgan fingerprint density at radius 3 is 2.88 bits per heavy atom. The molecule has 3 nitrogen and oxygen atoms in total. The molecule has 1 saturated carbocycles. The van der Waals surface area contributed by atoms with E-state index in [2.05, 4.69) is 6.07 Å². The molecule has 3 heteroatoms. The summed E-state index contributed by atoms with van der Waals surface area (Å²) in [5.41, 5.74) is 1.20. The zero-order valence-corrected chi connectivity index (χ0v) is 9.35. The molecule has 0 unspecified atom stereocenters. The zero-order valence-electron chi connectivity index (χ0n) is 9.35. The minimum absolute atomic E-state index is 0.170. The van der Waals surface area contributed by atoms with Crippen LogP contribution in [0, 0.1) is 5.92 Å². The van der Waals surface area contributed by atoms with E-state index in [1.54, 1.807) is 7.11 Å². The maximum atomic E-state index is 10.9. The predicted molar refractivity (Wildman–Crippen MR) is 60.7 cm³/mol. The Balaban J connectivity index is 2.11. The SMILES string of the molecule is COc1cccc([C@@H]2CC[C@@H](C(=O)O)C2)c1. The van der Waals surface area contributed by atoms with E-state index in [0.717, 1.165) is 25.0 Å². The van der Waals surface area contributed by atoms with Gasteiger partial charge in [-0.2, -0.15) is 0 Å². The third-order valence-corrected chi connectivity index (χ3v) is 3.35. The average molecular weight is 220 g/mol. The first-order chi connectivity index (χ1) is 7.70. The van der Waals surface area contributed by atoms with Gasteiger partial charge in [-0.25, -0.2) is 0 Å². The Morgan fingerprint density at radius 2 is 2.25 bits per heavy atom. The summed E-state index contributed by atoms with van der Waals surface area (Å²) in [6.45, 7) is 0. The molecule has 0 saturated heterocycles. The predicted octanol–water partition coefficient (Wildman–Crippen LogP) is 2.66. The summed E-state index contributed by atoms with van der Waals surface area (Å²) in [4.78, 5) is 10.9. The van der Waals surface area contributed by atoms with Crippen LogP contribution in [0.3, 0.4) is 0 Å². The van der Waals surface area contributed by atoms with E-state index in [9.17, 15) is 4.79 Å². The minimum Gasteiger partial charge on any atom is -0.497 e. The van der Waals surface area contributed by atoms with Crippen LogP contribution in [0.5, 0.6) is 5.75 Å². The van der Waals surface area contributed by atoms with Gasteiger partial charge in [0, 0.05) is 0 Å². The van der Waals surface area contributed by atoms with Gasteiger partial charge in [-0.15, -0.1) is 0 Å². The van der Waals surface area contributed by atoms with E-state index in [4.69, 9.17) is 9.84 Å². The fourth-order valence-electron chi connectivity index (χ4n) is 2.40. The summed E-state index contributed by atoms with van der Waals surface area (Å²) in [7, 11) is 1.65. The quantitative estimate of drug-likeness (QED) is 0.851. The van der Waals surface area contributed by atoms with E-state index in [0.29, 0.717) is 5.92 Å². The third kappa shape index (κ3) is 2.18. The van der Waals surface area contributed by atoms with Crippen molar-refractivity contribution in [1.29, 1.82) is 0 Å². The zero-order chi connectivity index (χ0) is 11.5. The fourth-order valence-corrected chi connectivity index (χ4v) is 2.40. The van der Waals surface area contributed by atoms with E-state index in [1.165, 1.54) is 5.56 Å². The van der Waals surface area contributed by atoms with Gasteiger partial charge in [0.05, 0.1) is 13.0 Å². The average Bonchev–Trinajstić information content (AvgIpc) is 2.78. The van der Waals surface area contributed by atoms with E-state index < -0.39 is 5.97 Å². The molecule has 0 radical (unpaired) electrons. The Hall–Kier alpha value is -1.51. The van der Waals surface area contributed by atoms with Crippen LogP contribution in [-0.4, -0.2) is 18.2 Å². The van der Waals surface area contributed by atoms with Crippen LogP contribution in [-0.2, 0) is 4.79 Å². The molecule has 0 amide bonds. The van der Waals surface area contributed by atoms with Gasteiger partial charge in [-0.1, -0.05) is 12.1 Å². The number of benzene rings is 1. The van der Waals surface area contributed by atoms with Gasteiger partial charge in [0.1, 0.15) is 5.75 Å². The number of aliphatic carboxylic acids is 1. The molecule has 2 atom stereocenters. The first-order valence-corrected chi connectivity index (χ1v) is 5.57. The summed E-state index contributed by atoms with van der Waals surface area (Å²) in [6.07, 6.45) is 2.50. The van der Waals surface area contributed by atoms with Crippen molar-refractivity contribution in [3.8, 4) is 5.75 Å². The number of ether oxygens (including phenoxy) is 1. The number of hydrogen-bond acceptors (Lipinski definition) is 2. The standard InChI is InChI=1S/C13H16O3/c1-16-12-4-2-3-9(8-12)10-5-6-11(7-10)13(14)15/h2-4,8,10-11H,5-7H2,1H3,(H,14,15)/t10-,11-/m1/s1. The second-order valence-corrected chi connectivity index (χ2v) is 4.32. The summed E-state index contributed by atoms with van der Waals surface area (Å²) >= 11 is 0. The number of rotatable bonds is 3. The van der Waals surface area contributed by atoms with Crippen LogP contribution in [0.4, 0.5) is 0 Å². The van der Waals surface area contributed by atoms with Crippen molar-refractivity contribution in [2.45, 2.75) is 25.2 Å². The van der Waals surface area contributed by atoms with Crippen LogP contribution < -0.4 is 4.74 Å². The molecule has 86 valence electrons. The lowest BCUT2D eigenvalue weighted by Gasteiger charge is -2.11. The lowest BCUT2D eigenvalue weighted by atomic mass is 9.96. The third-order valence-electron chi connectivity index (χ3n) is 3.35. The van der Waals surface area contributed by atoms with Crippen molar-refractivity contribution in [2.75, 3.05) is 7.11 Å². The van der Waals surface area contributed by atoms with Gasteiger partial charge in [-0.05, 0) is 42.9 Å². The Kier molecular flexibility index (Phi) is 3.13. The van der Waals surface area contributed by atoms with Crippen LogP contribution in [0.25, 0.3) is 0 Å². The van der Waals surface area contributed by atoms with Gasteiger partial charge in [0.25, 0.3) is 0 Å². The molecule has 1 N–H and O–H groups in total. The van der Waals surface area contributed by atoms with Crippen molar-refractivity contribution in [3.05, 3.63) is 29.8 Å². The van der Waals surface area contributed by atoms with E-state index in [-0.39, 0.29) is 5.92 Å². The van der Waals surface area contributed by atoms with Crippen LogP contribution >= 0.6 is 0 Å². The highest BCUT2D eigenvalue weighted by molar-refractivity contribution is 5.70. The smallest absolute Gasteiger partial charge is 0.306 e. The summed E-state index contributed by atoms with van der Waals surface area (Å²) < 4.78 is 5.17. The highest BCUT2D eigenvalue weighted by Crippen LogP contribution is 2.39. The lowest BCUT2D eigenvalue weighted by molar-refractivity contribution is -0.141. The number of methoxy groups -OCH3 is 1. The molecule has 0 spiro atoms. The number of carbonyl (C=O) groups is 1. The largest absolute Gasteiger partial charge is 0.497 e. The minimum atomic E-state index is -0.662. The maximum Gasteiger partial charge on any atom is 0.306 e. The first kappa shape index (κ1) is 11.0. The molecule has 0 bridgehead atoms. The Morgan fingerprint density at radius 1 is 1.44 bits per heavy atom. The summed E-state index contributed by atoms with van der Waals surface area (Å²) in [6, 6.07) is 7.93. The van der Waals surface area contributed by atoms with Gasteiger partial charge in [0.15, 0.2) is 0 Å². The molecule has 2 rings (SSSR count). The molecule has 0 aliphatic heterocycles. The van der Waals surface area contributed by atoms with Crippen molar-refractivity contribution in [2.24, 2.45) is 5.92 Å². The highest BCUT2D eigenvalue weighted by Gasteiger charge is 2.30.